The summed E-state index contributed by atoms with van der Waals surface area (Å²) in [4.78, 5) is 15.3. The van der Waals surface area contributed by atoms with Crippen molar-refractivity contribution in [3.05, 3.63) is 59.4 Å². The van der Waals surface area contributed by atoms with Gasteiger partial charge in [-0.1, -0.05) is 29.8 Å². The number of morpholine rings is 1. The first-order valence-corrected chi connectivity index (χ1v) is 11.2. The summed E-state index contributed by atoms with van der Waals surface area (Å²) in [5, 5.41) is 0. The molecule has 1 saturated heterocycles. The topological polar surface area (TPSA) is 49.3 Å². The Morgan fingerprint density at radius 3 is 2.80 bits per heavy atom. The van der Waals surface area contributed by atoms with E-state index in [0.29, 0.717) is 6.61 Å². The highest BCUT2D eigenvalue weighted by molar-refractivity contribution is 5.73. The molecule has 0 aliphatic carbocycles. The van der Waals surface area contributed by atoms with Crippen LogP contribution in [0, 0.1) is 6.92 Å². The zero-order valence-electron chi connectivity index (χ0n) is 18.7. The lowest BCUT2D eigenvalue weighted by Crippen LogP contribution is -3.22. The van der Waals surface area contributed by atoms with Crippen molar-refractivity contribution in [2.24, 2.45) is 0 Å². The summed E-state index contributed by atoms with van der Waals surface area (Å²) in [5.74, 6) is -0.110. The Kier molecular flexibility index (Phi) is 8.49. The van der Waals surface area contributed by atoms with E-state index in [1.807, 2.05) is 13.8 Å². The standard InChI is InChI=1S/C24H35N3O3/c1-4-30-24(28)21(3)26(12-11-25-13-15-29-16-14-25)19-23-9-6-10-27(23)18-22-8-5-7-20(2)17-22/h5-10,17,21H,4,11-16,18-19H2,1-3H3/p+2/t21-/m0/s1. The summed E-state index contributed by atoms with van der Waals surface area (Å²) in [5.41, 5.74) is 3.82. The number of quaternary nitrogens is 2. The predicted octanol–water partition coefficient (Wildman–Crippen LogP) is 0.0964. The number of nitrogens with one attached hydrogen (secondary N) is 2. The molecule has 6 heteroatoms. The Bertz CT molecular complexity index is 798. The first-order valence-electron chi connectivity index (χ1n) is 11.2. The van der Waals surface area contributed by atoms with Crippen molar-refractivity contribution < 1.29 is 24.1 Å². The van der Waals surface area contributed by atoms with Crippen molar-refractivity contribution in [2.45, 2.75) is 39.9 Å². The van der Waals surface area contributed by atoms with Gasteiger partial charge in [-0.05, 0) is 38.5 Å². The number of nitrogens with zero attached hydrogens (tertiary/aromatic N) is 1. The average molecular weight is 416 g/mol. The van der Waals surface area contributed by atoms with Gasteiger partial charge in [0.25, 0.3) is 0 Å². The number of aryl methyl sites for hydroxylation is 1. The molecule has 1 aliphatic heterocycles. The molecule has 164 valence electrons. The second kappa shape index (κ2) is 11.3. The van der Waals surface area contributed by atoms with E-state index in [-0.39, 0.29) is 12.0 Å². The fraction of sp³-hybridized carbons (Fsp3) is 0.542. The van der Waals surface area contributed by atoms with Gasteiger partial charge in [-0.3, -0.25) is 0 Å². The van der Waals surface area contributed by atoms with Crippen molar-refractivity contribution in [3.63, 3.8) is 0 Å². The first-order chi connectivity index (χ1) is 14.6. The summed E-state index contributed by atoms with van der Waals surface area (Å²) < 4.78 is 13.1. The van der Waals surface area contributed by atoms with Gasteiger partial charge in [0.15, 0.2) is 6.04 Å². The Hall–Kier alpha value is -2.15. The number of esters is 1. The van der Waals surface area contributed by atoms with Crippen molar-refractivity contribution in [2.75, 3.05) is 46.0 Å². The van der Waals surface area contributed by atoms with Gasteiger partial charge in [0, 0.05) is 12.7 Å². The molecule has 2 heterocycles. The van der Waals surface area contributed by atoms with Crippen molar-refractivity contribution in [1.82, 2.24) is 4.57 Å². The molecule has 1 fully saturated rings. The van der Waals surface area contributed by atoms with Crippen LogP contribution < -0.4 is 9.80 Å². The molecular weight excluding hydrogens is 378 g/mol. The number of aromatic nitrogens is 1. The van der Waals surface area contributed by atoms with E-state index in [2.05, 4.69) is 54.1 Å². The highest BCUT2D eigenvalue weighted by Gasteiger charge is 2.29. The van der Waals surface area contributed by atoms with Gasteiger partial charge in [-0.2, -0.15) is 0 Å². The molecule has 3 rings (SSSR count). The second-order valence-corrected chi connectivity index (χ2v) is 8.29. The van der Waals surface area contributed by atoms with Crippen LogP contribution in [0.2, 0.25) is 0 Å². The Balaban J connectivity index is 1.70. The summed E-state index contributed by atoms with van der Waals surface area (Å²) in [6.07, 6.45) is 2.14. The van der Waals surface area contributed by atoms with E-state index >= 15 is 0 Å². The smallest absolute Gasteiger partial charge is 0.364 e. The van der Waals surface area contributed by atoms with Crippen LogP contribution in [0.15, 0.2) is 42.6 Å². The number of benzene rings is 1. The van der Waals surface area contributed by atoms with Crippen LogP contribution >= 0.6 is 0 Å². The van der Waals surface area contributed by atoms with Crippen LogP contribution in [-0.4, -0.2) is 62.6 Å². The average Bonchev–Trinajstić information content (AvgIpc) is 3.18. The van der Waals surface area contributed by atoms with Crippen molar-refractivity contribution in [3.8, 4) is 0 Å². The molecular formula is C24H37N3O3+2. The van der Waals surface area contributed by atoms with Crippen LogP contribution in [0.5, 0.6) is 0 Å². The number of carbonyl (C=O) groups excluding carboxylic acids is 1. The molecule has 0 spiro atoms. The summed E-state index contributed by atoms with van der Waals surface area (Å²) >= 11 is 0. The zero-order valence-corrected chi connectivity index (χ0v) is 18.7. The van der Waals surface area contributed by atoms with E-state index in [1.165, 1.54) is 21.7 Å². The predicted molar refractivity (Wildman–Crippen MR) is 117 cm³/mol. The molecule has 30 heavy (non-hydrogen) atoms. The minimum absolute atomic E-state index is 0.110. The minimum Gasteiger partial charge on any atom is -0.462 e. The SMILES string of the molecule is CCOC(=O)[C@H](C)[NH+](CC[NH+]1CCOCC1)Cc1cccn1Cc1cccc(C)c1. The van der Waals surface area contributed by atoms with Gasteiger partial charge < -0.3 is 23.8 Å². The highest BCUT2D eigenvalue weighted by atomic mass is 16.5. The largest absolute Gasteiger partial charge is 0.462 e. The third-order valence-electron chi connectivity index (χ3n) is 6.02. The number of rotatable bonds is 10. The van der Waals surface area contributed by atoms with Gasteiger partial charge in [0.1, 0.15) is 32.7 Å². The van der Waals surface area contributed by atoms with Gasteiger partial charge in [0.05, 0.1) is 25.5 Å². The number of hydrogen-bond donors (Lipinski definition) is 2. The maximum atomic E-state index is 12.5. The number of carbonyl (C=O) groups is 1. The molecule has 0 saturated carbocycles. The van der Waals surface area contributed by atoms with Gasteiger partial charge in [-0.25, -0.2) is 4.79 Å². The first kappa shape index (κ1) is 22.5. The molecule has 1 aliphatic rings. The highest BCUT2D eigenvalue weighted by Crippen LogP contribution is 2.09. The number of hydrogen-bond acceptors (Lipinski definition) is 3. The summed E-state index contributed by atoms with van der Waals surface area (Å²) in [6, 6.07) is 12.7. The van der Waals surface area contributed by atoms with Crippen LogP contribution in [0.4, 0.5) is 0 Å². The summed E-state index contributed by atoms with van der Waals surface area (Å²) in [6.45, 7) is 13.8. The molecule has 1 aromatic heterocycles. The Morgan fingerprint density at radius 1 is 1.27 bits per heavy atom. The monoisotopic (exact) mass is 415 g/mol. The van der Waals surface area contributed by atoms with Gasteiger partial charge in [-0.15, -0.1) is 0 Å². The fourth-order valence-corrected chi connectivity index (χ4v) is 4.14. The van der Waals surface area contributed by atoms with E-state index in [4.69, 9.17) is 9.47 Å². The second-order valence-electron chi connectivity index (χ2n) is 8.29. The molecule has 2 aromatic rings. The molecule has 1 aromatic carbocycles. The van der Waals surface area contributed by atoms with Crippen molar-refractivity contribution in [1.29, 1.82) is 0 Å². The van der Waals surface area contributed by atoms with Crippen LogP contribution in [0.3, 0.4) is 0 Å². The van der Waals surface area contributed by atoms with Crippen molar-refractivity contribution >= 4 is 5.97 Å². The van der Waals surface area contributed by atoms with E-state index in [0.717, 1.165) is 52.5 Å². The quantitative estimate of drug-likeness (QED) is 0.541. The maximum Gasteiger partial charge on any atom is 0.364 e. The normalized spacial score (nSPS) is 16.9. The molecule has 1 unspecified atom stereocenters. The Morgan fingerprint density at radius 2 is 2.07 bits per heavy atom. The lowest BCUT2D eigenvalue weighted by Gasteiger charge is -2.28. The minimum atomic E-state index is -0.187. The van der Waals surface area contributed by atoms with E-state index in [1.54, 1.807) is 4.90 Å². The van der Waals surface area contributed by atoms with Crippen LogP contribution in [-0.2, 0) is 27.4 Å². The molecule has 0 radical (unpaired) electrons. The zero-order chi connectivity index (χ0) is 21.3. The lowest BCUT2D eigenvalue weighted by molar-refractivity contribution is -0.975. The van der Waals surface area contributed by atoms with E-state index in [9.17, 15) is 4.79 Å². The fourth-order valence-electron chi connectivity index (χ4n) is 4.14. The van der Waals surface area contributed by atoms with E-state index < -0.39 is 0 Å². The van der Waals surface area contributed by atoms with Gasteiger partial charge in [0.2, 0.25) is 0 Å². The number of ether oxygens (including phenoxy) is 2. The molecule has 0 bridgehead atoms. The van der Waals surface area contributed by atoms with Crippen LogP contribution in [0.25, 0.3) is 0 Å². The Labute approximate surface area is 180 Å². The van der Waals surface area contributed by atoms with Crippen LogP contribution in [0.1, 0.15) is 30.7 Å². The maximum absolute atomic E-state index is 12.5. The van der Waals surface area contributed by atoms with Gasteiger partial charge >= 0.3 is 5.97 Å². The lowest BCUT2D eigenvalue weighted by atomic mass is 10.1. The molecule has 2 atom stereocenters. The third kappa shape index (κ3) is 6.42. The molecule has 0 amide bonds. The molecule has 6 nitrogen and oxygen atoms in total. The molecule has 2 N–H and O–H groups in total. The third-order valence-corrected chi connectivity index (χ3v) is 6.02. The summed E-state index contributed by atoms with van der Waals surface area (Å²) in [7, 11) is 0.